The predicted molar refractivity (Wildman–Crippen MR) is 70.3 cm³/mol. The van der Waals surface area contributed by atoms with Crippen molar-refractivity contribution in [2.24, 2.45) is 7.05 Å². The largest absolute Gasteiger partial charge is 0.392 e. The summed E-state index contributed by atoms with van der Waals surface area (Å²) in [6, 6.07) is 6.37. The minimum atomic E-state index is -0.414. The molecule has 0 spiro atoms. The Morgan fingerprint density at radius 1 is 1.17 bits per heavy atom. The Hall–Kier alpha value is -1.68. The summed E-state index contributed by atoms with van der Waals surface area (Å²) in [7, 11) is 1.83. The number of nitrogens with zero attached hydrogens (tertiary/aromatic N) is 3. The highest BCUT2D eigenvalue weighted by Gasteiger charge is 2.10. The van der Waals surface area contributed by atoms with E-state index >= 15 is 0 Å². The van der Waals surface area contributed by atoms with Crippen LogP contribution < -0.4 is 0 Å². The maximum absolute atomic E-state index is 10.1. The molecule has 0 amide bonds. The second kappa shape index (κ2) is 5.31. The van der Waals surface area contributed by atoms with Crippen molar-refractivity contribution >= 4 is 0 Å². The van der Waals surface area contributed by atoms with E-state index in [-0.39, 0.29) is 0 Å². The number of aliphatic hydroxyl groups is 1. The lowest BCUT2D eigenvalue weighted by atomic mass is 10.0. The van der Waals surface area contributed by atoms with Gasteiger partial charge >= 0.3 is 0 Å². The molecule has 0 aliphatic heterocycles. The molecule has 0 saturated carbocycles. The molecule has 1 aromatic carbocycles. The molecule has 18 heavy (non-hydrogen) atoms. The van der Waals surface area contributed by atoms with E-state index in [4.69, 9.17) is 0 Å². The van der Waals surface area contributed by atoms with Crippen LogP contribution in [-0.2, 0) is 19.9 Å². The van der Waals surface area contributed by atoms with Crippen molar-refractivity contribution in [3.8, 4) is 0 Å². The summed E-state index contributed by atoms with van der Waals surface area (Å²) >= 11 is 0. The Morgan fingerprint density at radius 2 is 1.83 bits per heavy atom. The smallest absolute Gasteiger partial charge is 0.0852 e. The topological polar surface area (TPSA) is 50.9 Å². The van der Waals surface area contributed by atoms with Crippen LogP contribution in [0.2, 0.25) is 0 Å². The first kappa shape index (κ1) is 12.8. The van der Waals surface area contributed by atoms with Crippen molar-refractivity contribution in [1.29, 1.82) is 0 Å². The molecular weight excluding hydrogens is 226 g/mol. The molecule has 0 aliphatic carbocycles. The fourth-order valence-electron chi connectivity index (χ4n) is 2.26. The molecule has 96 valence electrons. The molecule has 2 rings (SSSR count). The summed E-state index contributed by atoms with van der Waals surface area (Å²) in [5, 5.41) is 17.9. The Balaban J connectivity index is 2.00. The fraction of sp³-hybridized carbons (Fsp3) is 0.429. The SMILES string of the molecule is Cc1cc(C)cc(CC(O)Cc2cn(C)nn2)c1. The van der Waals surface area contributed by atoms with Gasteiger partial charge in [-0.05, 0) is 25.8 Å². The third kappa shape index (κ3) is 3.40. The van der Waals surface area contributed by atoms with Gasteiger partial charge in [0.05, 0.1) is 11.8 Å². The van der Waals surface area contributed by atoms with Gasteiger partial charge < -0.3 is 5.11 Å². The maximum Gasteiger partial charge on any atom is 0.0852 e. The molecule has 0 aliphatic rings. The number of aromatic nitrogens is 3. The van der Waals surface area contributed by atoms with Crippen LogP contribution in [0.5, 0.6) is 0 Å². The standard InChI is InChI=1S/C14H19N3O/c1-10-4-11(2)6-12(5-10)7-14(18)8-13-9-17(3)16-15-13/h4-6,9,14,18H,7-8H2,1-3H3. The van der Waals surface area contributed by atoms with Gasteiger partial charge in [0.25, 0.3) is 0 Å². The van der Waals surface area contributed by atoms with Gasteiger partial charge in [0.1, 0.15) is 0 Å². The Labute approximate surface area is 107 Å². The highest BCUT2D eigenvalue weighted by molar-refractivity contribution is 5.29. The number of rotatable bonds is 4. The quantitative estimate of drug-likeness (QED) is 0.889. The van der Waals surface area contributed by atoms with Crippen LogP contribution in [0.15, 0.2) is 24.4 Å². The summed E-state index contributed by atoms with van der Waals surface area (Å²) in [4.78, 5) is 0. The molecule has 0 fully saturated rings. The van der Waals surface area contributed by atoms with Crippen LogP contribution in [-0.4, -0.2) is 26.2 Å². The predicted octanol–water partition coefficient (Wildman–Crippen LogP) is 1.58. The summed E-state index contributed by atoms with van der Waals surface area (Å²) < 4.78 is 1.65. The van der Waals surface area contributed by atoms with Crippen LogP contribution in [0.1, 0.15) is 22.4 Å². The Morgan fingerprint density at radius 3 is 2.39 bits per heavy atom. The molecule has 1 N–H and O–H groups in total. The van der Waals surface area contributed by atoms with Crippen molar-refractivity contribution in [2.75, 3.05) is 0 Å². The van der Waals surface area contributed by atoms with E-state index in [9.17, 15) is 5.11 Å². The van der Waals surface area contributed by atoms with Crippen molar-refractivity contribution in [1.82, 2.24) is 15.0 Å². The van der Waals surface area contributed by atoms with Crippen LogP contribution in [0, 0.1) is 13.8 Å². The molecule has 1 unspecified atom stereocenters. The minimum absolute atomic E-state index is 0.414. The van der Waals surface area contributed by atoms with Gasteiger partial charge in [-0.15, -0.1) is 5.10 Å². The van der Waals surface area contributed by atoms with E-state index in [1.54, 1.807) is 4.68 Å². The number of aryl methyl sites for hydroxylation is 3. The molecule has 1 aromatic heterocycles. The maximum atomic E-state index is 10.1. The number of aliphatic hydroxyl groups excluding tert-OH is 1. The van der Waals surface area contributed by atoms with Crippen molar-refractivity contribution < 1.29 is 5.11 Å². The van der Waals surface area contributed by atoms with Crippen molar-refractivity contribution in [3.05, 3.63) is 46.8 Å². The molecule has 0 saturated heterocycles. The van der Waals surface area contributed by atoms with E-state index in [1.165, 1.54) is 16.7 Å². The van der Waals surface area contributed by atoms with Crippen LogP contribution in [0.25, 0.3) is 0 Å². The summed E-state index contributed by atoms with van der Waals surface area (Å²) in [6.07, 6.45) is 2.62. The zero-order chi connectivity index (χ0) is 13.1. The van der Waals surface area contributed by atoms with Gasteiger partial charge in [-0.2, -0.15) is 0 Å². The van der Waals surface area contributed by atoms with E-state index in [0.29, 0.717) is 12.8 Å². The van der Waals surface area contributed by atoms with E-state index < -0.39 is 6.10 Å². The monoisotopic (exact) mass is 245 g/mol. The third-order valence-corrected chi connectivity index (χ3v) is 2.85. The first-order chi connectivity index (χ1) is 8.52. The van der Waals surface area contributed by atoms with Crippen molar-refractivity contribution in [2.45, 2.75) is 32.8 Å². The summed E-state index contributed by atoms with van der Waals surface area (Å²) in [5.74, 6) is 0. The van der Waals surface area contributed by atoms with Gasteiger partial charge in [0, 0.05) is 19.7 Å². The van der Waals surface area contributed by atoms with E-state index in [0.717, 1.165) is 5.69 Å². The lowest BCUT2D eigenvalue weighted by Crippen LogP contribution is -2.14. The lowest BCUT2D eigenvalue weighted by molar-refractivity contribution is 0.174. The van der Waals surface area contributed by atoms with Crippen LogP contribution in [0.4, 0.5) is 0 Å². The summed E-state index contributed by atoms with van der Waals surface area (Å²) in [5.41, 5.74) is 4.46. The third-order valence-electron chi connectivity index (χ3n) is 2.85. The average Bonchev–Trinajstić information content (AvgIpc) is 2.61. The van der Waals surface area contributed by atoms with Gasteiger partial charge in [-0.1, -0.05) is 34.5 Å². The Kier molecular flexibility index (Phi) is 3.77. The zero-order valence-corrected chi connectivity index (χ0v) is 11.1. The first-order valence-corrected chi connectivity index (χ1v) is 6.13. The second-order valence-corrected chi connectivity index (χ2v) is 4.94. The molecular formula is C14H19N3O. The second-order valence-electron chi connectivity index (χ2n) is 4.94. The fourth-order valence-corrected chi connectivity index (χ4v) is 2.26. The minimum Gasteiger partial charge on any atom is -0.392 e. The first-order valence-electron chi connectivity index (χ1n) is 6.13. The normalized spacial score (nSPS) is 12.7. The van der Waals surface area contributed by atoms with Crippen LogP contribution in [0.3, 0.4) is 0 Å². The van der Waals surface area contributed by atoms with Crippen molar-refractivity contribution in [3.63, 3.8) is 0 Å². The van der Waals surface area contributed by atoms with Gasteiger partial charge in [-0.25, -0.2) is 0 Å². The summed E-state index contributed by atoms with van der Waals surface area (Å²) in [6.45, 7) is 4.15. The van der Waals surface area contributed by atoms with Gasteiger partial charge in [0.15, 0.2) is 0 Å². The molecule has 1 heterocycles. The van der Waals surface area contributed by atoms with E-state index in [2.05, 4.69) is 42.4 Å². The highest BCUT2D eigenvalue weighted by atomic mass is 16.3. The lowest BCUT2D eigenvalue weighted by Gasteiger charge is -2.10. The van der Waals surface area contributed by atoms with Gasteiger partial charge in [-0.3, -0.25) is 4.68 Å². The Bertz CT molecular complexity index is 513. The average molecular weight is 245 g/mol. The highest BCUT2D eigenvalue weighted by Crippen LogP contribution is 2.12. The van der Waals surface area contributed by atoms with E-state index in [1.807, 2.05) is 13.2 Å². The zero-order valence-electron chi connectivity index (χ0n) is 11.1. The number of hydrogen-bond acceptors (Lipinski definition) is 3. The molecule has 4 heteroatoms. The molecule has 4 nitrogen and oxygen atoms in total. The number of hydrogen-bond donors (Lipinski definition) is 1. The van der Waals surface area contributed by atoms with Crippen LogP contribution >= 0.6 is 0 Å². The molecule has 1 atom stereocenters. The molecule has 2 aromatic rings. The van der Waals surface area contributed by atoms with Gasteiger partial charge in [0.2, 0.25) is 0 Å². The number of benzene rings is 1. The molecule has 0 bridgehead atoms. The molecule has 0 radical (unpaired) electrons.